The lowest BCUT2D eigenvalue weighted by atomic mass is 10.0. The lowest BCUT2D eigenvalue weighted by molar-refractivity contribution is -0.112. The van der Waals surface area contributed by atoms with Crippen molar-refractivity contribution in [3.05, 3.63) is 129 Å². The Labute approximate surface area is 370 Å². The first kappa shape index (κ1) is 42.0. The summed E-state index contributed by atoms with van der Waals surface area (Å²) >= 11 is 6.51. The molecule has 2 aliphatic heterocycles. The number of nitrogens with zero attached hydrogens (tertiary/aromatic N) is 2. The number of ether oxygens (including phenoxy) is 2. The fourth-order valence-corrected chi connectivity index (χ4v) is 11.6. The first-order chi connectivity index (χ1) is 29.4. The molecule has 0 bridgehead atoms. The number of carbonyl (C=O) groups excluding carboxylic acids is 2. The van der Waals surface area contributed by atoms with Crippen LogP contribution in [0.25, 0.3) is 30.7 Å². The number of anilines is 2. The lowest BCUT2D eigenvalue weighted by Crippen LogP contribution is -2.27. The highest BCUT2D eigenvalue weighted by atomic mass is 32.1. The van der Waals surface area contributed by atoms with Gasteiger partial charge in [-0.15, -0.1) is 45.3 Å². The monoisotopic (exact) mass is 872 g/mol. The zero-order valence-corrected chi connectivity index (χ0v) is 38.0. The maximum absolute atomic E-state index is 15.3. The molecule has 0 radical (unpaired) electrons. The number of fused-ring (bicyclic) bond motifs is 1. The third kappa shape index (κ3) is 8.71. The summed E-state index contributed by atoms with van der Waals surface area (Å²) in [5, 5.41) is 4.13. The van der Waals surface area contributed by atoms with Gasteiger partial charge in [0.05, 0.1) is 35.8 Å². The Kier molecular flexibility index (Phi) is 13.5. The molecule has 2 aromatic carbocycles. The average molecular weight is 873 g/mol. The lowest BCUT2D eigenvalue weighted by Gasteiger charge is -2.21. The van der Waals surface area contributed by atoms with E-state index in [1.165, 1.54) is 25.7 Å². The van der Waals surface area contributed by atoms with Gasteiger partial charge in [-0.3, -0.25) is 19.4 Å². The van der Waals surface area contributed by atoms with Crippen molar-refractivity contribution in [2.75, 3.05) is 23.0 Å². The first-order valence-electron chi connectivity index (χ1n) is 21.3. The van der Waals surface area contributed by atoms with Crippen molar-refractivity contribution in [1.29, 1.82) is 0 Å². The van der Waals surface area contributed by atoms with E-state index < -0.39 is 0 Å². The van der Waals surface area contributed by atoms with Crippen LogP contribution in [0.15, 0.2) is 119 Å². The van der Waals surface area contributed by atoms with Crippen molar-refractivity contribution >= 4 is 79.7 Å². The second-order valence-corrected chi connectivity index (χ2v) is 19.5. The molecule has 2 unspecified atom stereocenters. The van der Waals surface area contributed by atoms with E-state index in [1.54, 1.807) is 55.1 Å². The molecule has 4 aromatic heterocycles. The second-order valence-electron chi connectivity index (χ2n) is 15.5. The van der Waals surface area contributed by atoms with Crippen LogP contribution in [0.1, 0.15) is 88.8 Å². The SMILES string of the molecule is CCCCC(CC)COc1ccc(N2C(=O)C(c3ccc(-c4cccs4)s3)=C3C2=C(c2ccc(-c4cccs4)s2)C(=O)N3c2ccc(OCC(CC)CCCC)cc2)cc1. The summed E-state index contributed by atoms with van der Waals surface area (Å²) in [6, 6.07) is 32.1. The number of hydrogen-bond acceptors (Lipinski definition) is 8. The van der Waals surface area contributed by atoms with Crippen LogP contribution in [-0.4, -0.2) is 25.0 Å². The zero-order valence-electron chi connectivity index (χ0n) is 34.8. The van der Waals surface area contributed by atoms with E-state index in [0.717, 1.165) is 66.4 Å². The van der Waals surface area contributed by atoms with Crippen molar-refractivity contribution in [1.82, 2.24) is 0 Å². The van der Waals surface area contributed by atoms with Crippen LogP contribution in [-0.2, 0) is 9.59 Å². The van der Waals surface area contributed by atoms with Crippen LogP contribution in [0.2, 0.25) is 0 Å². The quantitative estimate of drug-likeness (QED) is 0.0767. The molecule has 0 N–H and O–H groups in total. The molecule has 6 nitrogen and oxygen atoms in total. The maximum Gasteiger partial charge on any atom is 0.266 e. The molecule has 8 rings (SSSR count). The summed E-state index contributed by atoms with van der Waals surface area (Å²) in [7, 11) is 0. The predicted octanol–water partition coefficient (Wildman–Crippen LogP) is 14.7. The van der Waals surface area contributed by atoms with Gasteiger partial charge >= 0.3 is 0 Å². The van der Waals surface area contributed by atoms with Gasteiger partial charge in [-0.25, -0.2) is 0 Å². The van der Waals surface area contributed by atoms with Crippen molar-refractivity contribution < 1.29 is 19.1 Å². The summed E-state index contributed by atoms with van der Waals surface area (Å²) in [6.45, 7) is 10.2. The second kappa shape index (κ2) is 19.3. The van der Waals surface area contributed by atoms with Crippen LogP contribution in [0.3, 0.4) is 0 Å². The van der Waals surface area contributed by atoms with E-state index >= 15 is 9.59 Å². The molecule has 60 heavy (non-hydrogen) atoms. The summed E-state index contributed by atoms with van der Waals surface area (Å²) in [5.41, 5.74) is 3.60. The topological polar surface area (TPSA) is 59.1 Å². The third-order valence-electron chi connectivity index (χ3n) is 11.5. The molecule has 10 heteroatoms. The summed E-state index contributed by atoms with van der Waals surface area (Å²) in [5.74, 6) is 2.20. The molecular formula is C50H52N2O4S4. The predicted molar refractivity (Wildman–Crippen MR) is 255 cm³/mol. The molecular weight excluding hydrogens is 821 g/mol. The Morgan fingerprint density at radius 2 is 0.900 bits per heavy atom. The number of unbranched alkanes of at least 4 members (excludes halogenated alkanes) is 2. The van der Waals surface area contributed by atoms with Gasteiger partial charge in [0.15, 0.2) is 0 Å². The number of carbonyl (C=O) groups is 2. The Bertz CT molecular complexity index is 2270. The minimum atomic E-state index is -0.165. The molecule has 2 atom stereocenters. The summed E-state index contributed by atoms with van der Waals surface area (Å²) in [6.07, 6.45) is 9.16. The van der Waals surface area contributed by atoms with E-state index in [9.17, 15) is 0 Å². The number of hydrogen-bond donors (Lipinski definition) is 0. The van der Waals surface area contributed by atoms with E-state index in [2.05, 4.69) is 62.7 Å². The van der Waals surface area contributed by atoms with Gasteiger partial charge in [0.2, 0.25) is 0 Å². The van der Waals surface area contributed by atoms with Gasteiger partial charge in [-0.1, -0.05) is 78.4 Å². The van der Waals surface area contributed by atoms with Crippen molar-refractivity contribution in [2.45, 2.75) is 79.1 Å². The minimum Gasteiger partial charge on any atom is -0.493 e. The molecule has 0 spiro atoms. The van der Waals surface area contributed by atoms with Crippen LogP contribution in [0.5, 0.6) is 11.5 Å². The largest absolute Gasteiger partial charge is 0.493 e. The van der Waals surface area contributed by atoms with Crippen LogP contribution >= 0.6 is 45.3 Å². The Balaban J connectivity index is 1.22. The third-order valence-corrected chi connectivity index (χ3v) is 15.8. The number of benzene rings is 2. The molecule has 2 aliphatic rings. The molecule has 0 fully saturated rings. The van der Waals surface area contributed by atoms with Crippen LogP contribution in [0.4, 0.5) is 11.4 Å². The standard InChI is InChI=1S/C50H52N2O4S4/c1-5-9-13-33(7-3)31-55-37-21-17-35(18-22-37)51-47-45(43-27-25-41(59-43)39-15-11-29-57-39)50(54)52(36-19-23-38(24-20-36)56-32-34(8-4)14-10-6-2)48(47)46(49(51)53)44-28-26-42(60-44)40-16-12-30-58-40/h11-12,15-30,33-34H,5-10,13-14,31-32H2,1-4H3. The fourth-order valence-electron chi connectivity index (χ4n) is 7.89. The number of thiophene rings is 4. The molecule has 2 amide bonds. The van der Waals surface area contributed by atoms with E-state index in [-0.39, 0.29) is 11.8 Å². The maximum atomic E-state index is 15.3. The average Bonchev–Trinajstić information content (AvgIpc) is 4.14. The van der Waals surface area contributed by atoms with Gasteiger partial charge in [0, 0.05) is 40.6 Å². The van der Waals surface area contributed by atoms with Gasteiger partial charge in [0.1, 0.15) is 11.5 Å². The van der Waals surface area contributed by atoms with Gasteiger partial charge in [-0.2, -0.15) is 0 Å². The first-order valence-corrected chi connectivity index (χ1v) is 24.7. The molecule has 6 heterocycles. The van der Waals surface area contributed by atoms with Crippen LogP contribution < -0.4 is 19.3 Å². The minimum absolute atomic E-state index is 0.165. The Morgan fingerprint density at radius 1 is 0.500 bits per heavy atom. The fraction of sp³-hybridized carbons (Fsp3) is 0.320. The van der Waals surface area contributed by atoms with Gasteiger partial charge in [-0.05, 0) is 120 Å². The van der Waals surface area contributed by atoms with Crippen molar-refractivity contribution in [3.63, 3.8) is 0 Å². The molecule has 6 aromatic rings. The Morgan fingerprint density at radius 3 is 1.25 bits per heavy atom. The smallest absolute Gasteiger partial charge is 0.266 e. The highest BCUT2D eigenvalue weighted by Gasteiger charge is 2.50. The van der Waals surface area contributed by atoms with Gasteiger partial charge < -0.3 is 9.47 Å². The summed E-state index contributed by atoms with van der Waals surface area (Å²) < 4.78 is 12.6. The molecule has 310 valence electrons. The van der Waals surface area contributed by atoms with E-state index in [4.69, 9.17) is 9.47 Å². The zero-order chi connectivity index (χ0) is 41.6. The van der Waals surface area contributed by atoms with E-state index in [1.807, 2.05) is 72.8 Å². The highest BCUT2D eigenvalue weighted by molar-refractivity contribution is 7.22. The van der Waals surface area contributed by atoms with Gasteiger partial charge in [0.25, 0.3) is 11.8 Å². The van der Waals surface area contributed by atoms with E-state index in [0.29, 0.717) is 59.0 Å². The molecule has 0 aliphatic carbocycles. The normalized spacial score (nSPS) is 15.1. The van der Waals surface area contributed by atoms with Crippen molar-refractivity contribution in [3.8, 4) is 31.0 Å². The summed E-state index contributed by atoms with van der Waals surface area (Å²) in [4.78, 5) is 40.1. The highest BCUT2D eigenvalue weighted by Crippen LogP contribution is 2.53. The molecule has 0 saturated heterocycles. The number of rotatable bonds is 20. The molecule has 0 saturated carbocycles. The van der Waals surface area contributed by atoms with Crippen LogP contribution in [0, 0.1) is 11.8 Å². The number of amides is 2. The van der Waals surface area contributed by atoms with Crippen molar-refractivity contribution in [2.24, 2.45) is 11.8 Å². The Hall–Kier alpha value is -4.74.